The predicted molar refractivity (Wildman–Crippen MR) is 90.5 cm³/mol. The van der Waals surface area contributed by atoms with Crippen LogP contribution in [0.15, 0.2) is 24.3 Å². The zero-order valence-corrected chi connectivity index (χ0v) is 14.0. The molecule has 0 aromatic heterocycles. The molecular formula is C20H24O3. The van der Waals surface area contributed by atoms with Gasteiger partial charge in [-0.2, -0.15) is 0 Å². The summed E-state index contributed by atoms with van der Waals surface area (Å²) in [5.41, 5.74) is 3.07. The molecule has 1 fully saturated rings. The van der Waals surface area contributed by atoms with Crippen molar-refractivity contribution in [1.82, 2.24) is 0 Å². The smallest absolute Gasteiger partial charge is 0.147 e. The van der Waals surface area contributed by atoms with E-state index in [4.69, 9.17) is 4.74 Å². The number of carbonyl (C=O) groups excluding carboxylic acids is 2. The maximum atomic E-state index is 12.3. The van der Waals surface area contributed by atoms with Crippen molar-refractivity contribution in [2.24, 2.45) is 5.41 Å². The number of rotatable bonds is 4. The zero-order valence-electron chi connectivity index (χ0n) is 14.0. The first kappa shape index (κ1) is 16.0. The van der Waals surface area contributed by atoms with Crippen LogP contribution in [0.2, 0.25) is 0 Å². The van der Waals surface area contributed by atoms with E-state index in [-0.39, 0.29) is 11.6 Å². The van der Waals surface area contributed by atoms with Crippen molar-refractivity contribution >= 4 is 17.1 Å². The Labute approximate surface area is 137 Å². The highest BCUT2D eigenvalue weighted by Gasteiger charge is 2.46. The largest absolute Gasteiger partial charge is 0.497 e. The Morgan fingerprint density at radius 1 is 1.13 bits per heavy atom. The fraction of sp³-hybridized carbons (Fsp3) is 0.500. The van der Waals surface area contributed by atoms with Gasteiger partial charge in [0.05, 0.1) is 12.5 Å². The molecule has 122 valence electrons. The monoisotopic (exact) mass is 312 g/mol. The van der Waals surface area contributed by atoms with E-state index in [1.807, 2.05) is 13.0 Å². The van der Waals surface area contributed by atoms with Gasteiger partial charge in [0.15, 0.2) is 0 Å². The Kier molecular flexibility index (Phi) is 4.38. The lowest BCUT2D eigenvalue weighted by Gasteiger charge is -2.25. The van der Waals surface area contributed by atoms with E-state index in [2.05, 4.69) is 18.2 Å². The Bertz CT molecular complexity index is 653. The summed E-state index contributed by atoms with van der Waals surface area (Å²) in [6.07, 6.45) is 7.34. The van der Waals surface area contributed by atoms with E-state index in [0.717, 1.165) is 25.0 Å². The highest BCUT2D eigenvalue weighted by molar-refractivity contribution is 6.13. The standard InChI is InChI=1S/C20H24O3/c1-3-20(18(21)9-10-19(20)22)12-11-14-5-4-6-15-13-16(23-2)7-8-17(14)15/h7-8,11,13H,3-6,9-10,12H2,1-2H3/b14-11-. The van der Waals surface area contributed by atoms with Gasteiger partial charge in [-0.15, -0.1) is 0 Å². The van der Waals surface area contributed by atoms with Crippen molar-refractivity contribution in [3.8, 4) is 5.75 Å². The summed E-state index contributed by atoms with van der Waals surface area (Å²) in [5.74, 6) is 1.15. The molecule has 1 aromatic rings. The van der Waals surface area contributed by atoms with Crippen LogP contribution >= 0.6 is 0 Å². The van der Waals surface area contributed by atoms with E-state index < -0.39 is 5.41 Å². The summed E-state index contributed by atoms with van der Waals surface area (Å²) in [6.45, 7) is 1.96. The number of allylic oxidation sites excluding steroid dienone is 2. The number of benzene rings is 1. The molecule has 3 heteroatoms. The third-order valence-corrected chi connectivity index (χ3v) is 5.50. The summed E-state index contributed by atoms with van der Waals surface area (Å²) >= 11 is 0. The van der Waals surface area contributed by atoms with Crippen LogP contribution in [-0.4, -0.2) is 18.7 Å². The van der Waals surface area contributed by atoms with Gasteiger partial charge in [-0.25, -0.2) is 0 Å². The molecule has 0 unspecified atom stereocenters. The number of methoxy groups -OCH3 is 1. The number of ether oxygens (including phenoxy) is 1. The lowest BCUT2D eigenvalue weighted by atomic mass is 9.76. The van der Waals surface area contributed by atoms with Crippen molar-refractivity contribution in [2.75, 3.05) is 7.11 Å². The zero-order chi connectivity index (χ0) is 16.4. The molecule has 2 aliphatic carbocycles. The molecule has 0 bridgehead atoms. The van der Waals surface area contributed by atoms with Crippen LogP contribution in [0.1, 0.15) is 56.6 Å². The van der Waals surface area contributed by atoms with Crippen molar-refractivity contribution in [2.45, 2.75) is 51.9 Å². The van der Waals surface area contributed by atoms with Gasteiger partial charge in [-0.3, -0.25) is 9.59 Å². The minimum absolute atomic E-state index is 0.132. The van der Waals surface area contributed by atoms with E-state index in [9.17, 15) is 9.59 Å². The second-order valence-corrected chi connectivity index (χ2v) is 6.59. The summed E-state index contributed by atoms with van der Waals surface area (Å²) in [5, 5.41) is 0. The molecule has 23 heavy (non-hydrogen) atoms. The van der Waals surface area contributed by atoms with Crippen LogP contribution in [0.4, 0.5) is 0 Å². The van der Waals surface area contributed by atoms with Crippen LogP contribution in [0.5, 0.6) is 5.75 Å². The molecule has 3 nitrogen and oxygen atoms in total. The molecule has 0 aliphatic heterocycles. The van der Waals surface area contributed by atoms with E-state index in [1.165, 1.54) is 16.7 Å². The lowest BCUT2D eigenvalue weighted by Crippen LogP contribution is -2.31. The second-order valence-electron chi connectivity index (χ2n) is 6.59. The SMILES string of the molecule is CCC1(C/C=C2/CCCc3cc(OC)ccc32)C(=O)CCC1=O. The molecule has 0 atom stereocenters. The van der Waals surface area contributed by atoms with Gasteiger partial charge in [-0.1, -0.05) is 19.1 Å². The van der Waals surface area contributed by atoms with Gasteiger partial charge >= 0.3 is 0 Å². The summed E-state index contributed by atoms with van der Waals surface area (Å²) in [4.78, 5) is 24.5. The maximum absolute atomic E-state index is 12.3. The van der Waals surface area contributed by atoms with Crippen LogP contribution in [0.25, 0.3) is 5.57 Å². The maximum Gasteiger partial charge on any atom is 0.147 e. The Balaban J connectivity index is 1.90. The van der Waals surface area contributed by atoms with Crippen LogP contribution in [0.3, 0.4) is 0 Å². The number of aryl methyl sites for hydroxylation is 1. The molecule has 3 rings (SSSR count). The number of Topliss-reactive ketones (excluding diaryl/α,β-unsaturated/α-hetero) is 2. The fourth-order valence-electron chi connectivity index (χ4n) is 3.96. The lowest BCUT2D eigenvalue weighted by molar-refractivity contribution is -0.134. The topological polar surface area (TPSA) is 43.4 Å². The summed E-state index contributed by atoms with van der Waals surface area (Å²) in [7, 11) is 1.68. The van der Waals surface area contributed by atoms with Crippen molar-refractivity contribution in [3.05, 3.63) is 35.4 Å². The number of ketones is 2. The third kappa shape index (κ3) is 2.73. The quantitative estimate of drug-likeness (QED) is 0.785. The Morgan fingerprint density at radius 3 is 2.52 bits per heavy atom. The van der Waals surface area contributed by atoms with Crippen LogP contribution < -0.4 is 4.74 Å². The predicted octanol–water partition coefficient (Wildman–Crippen LogP) is 4.13. The first-order chi connectivity index (χ1) is 11.1. The Morgan fingerprint density at radius 2 is 1.87 bits per heavy atom. The van der Waals surface area contributed by atoms with Gasteiger partial charge in [0.25, 0.3) is 0 Å². The molecule has 0 N–H and O–H groups in total. The molecule has 1 saturated carbocycles. The highest BCUT2D eigenvalue weighted by atomic mass is 16.5. The van der Waals surface area contributed by atoms with Gasteiger partial charge in [0.2, 0.25) is 0 Å². The average Bonchev–Trinajstić information content (AvgIpc) is 2.87. The molecule has 0 radical (unpaired) electrons. The first-order valence-corrected chi connectivity index (χ1v) is 8.53. The minimum Gasteiger partial charge on any atom is -0.497 e. The average molecular weight is 312 g/mol. The molecule has 1 aromatic carbocycles. The summed E-state index contributed by atoms with van der Waals surface area (Å²) < 4.78 is 5.31. The number of carbonyl (C=O) groups is 2. The third-order valence-electron chi connectivity index (χ3n) is 5.50. The van der Waals surface area contributed by atoms with Crippen molar-refractivity contribution in [1.29, 1.82) is 0 Å². The molecule has 0 saturated heterocycles. The van der Waals surface area contributed by atoms with Crippen molar-refractivity contribution < 1.29 is 14.3 Å². The van der Waals surface area contributed by atoms with Crippen LogP contribution in [0, 0.1) is 5.41 Å². The van der Waals surface area contributed by atoms with E-state index in [0.29, 0.717) is 25.7 Å². The fourth-order valence-corrected chi connectivity index (χ4v) is 3.96. The van der Waals surface area contributed by atoms with Gasteiger partial charge in [0, 0.05) is 12.8 Å². The summed E-state index contributed by atoms with van der Waals surface area (Å²) in [6, 6.07) is 6.19. The molecule has 0 amide bonds. The molecule has 0 heterocycles. The second kappa shape index (κ2) is 6.31. The molecular weight excluding hydrogens is 288 g/mol. The first-order valence-electron chi connectivity index (χ1n) is 8.53. The number of hydrogen-bond donors (Lipinski definition) is 0. The normalized spacial score (nSPS) is 21.6. The van der Waals surface area contributed by atoms with Crippen LogP contribution in [-0.2, 0) is 16.0 Å². The van der Waals surface area contributed by atoms with Crippen molar-refractivity contribution in [3.63, 3.8) is 0 Å². The molecule has 0 spiro atoms. The van der Waals surface area contributed by atoms with E-state index in [1.54, 1.807) is 7.11 Å². The Hall–Kier alpha value is -1.90. The van der Waals surface area contributed by atoms with E-state index >= 15 is 0 Å². The number of fused-ring (bicyclic) bond motifs is 1. The molecule has 2 aliphatic rings. The number of hydrogen-bond acceptors (Lipinski definition) is 3. The highest BCUT2D eigenvalue weighted by Crippen LogP contribution is 2.41. The van der Waals surface area contributed by atoms with Gasteiger partial charge < -0.3 is 4.74 Å². The van der Waals surface area contributed by atoms with Gasteiger partial charge in [0.1, 0.15) is 17.3 Å². The van der Waals surface area contributed by atoms with Gasteiger partial charge in [-0.05, 0) is 60.9 Å². The minimum atomic E-state index is -0.753.